The molecule has 0 atom stereocenters. The summed E-state index contributed by atoms with van der Waals surface area (Å²) in [6, 6.07) is 2.68. The third-order valence-electron chi connectivity index (χ3n) is 2.21. The van der Waals surface area contributed by atoms with Crippen LogP contribution in [0.15, 0.2) is 16.7 Å². The van der Waals surface area contributed by atoms with Crippen LogP contribution in [0.4, 0.5) is 10.3 Å². The van der Waals surface area contributed by atoms with Gasteiger partial charge < -0.3 is 20.5 Å². The SMILES string of the molecule is Cc1cc(-c2cc(N)on2)c(F)c(O)c1O. The highest BCUT2D eigenvalue weighted by molar-refractivity contribution is 5.67. The molecule has 0 fully saturated rings. The third-order valence-corrected chi connectivity index (χ3v) is 2.21. The molecule has 1 aromatic carbocycles. The first-order valence-corrected chi connectivity index (χ1v) is 4.44. The van der Waals surface area contributed by atoms with Crippen molar-refractivity contribution in [2.24, 2.45) is 0 Å². The number of phenolic OH excluding ortho intramolecular Hbond substituents is 2. The number of aryl methyl sites for hydroxylation is 1. The van der Waals surface area contributed by atoms with E-state index in [0.29, 0.717) is 5.56 Å². The van der Waals surface area contributed by atoms with Gasteiger partial charge in [0.15, 0.2) is 17.3 Å². The summed E-state index contributed by atoms with van der Waals surface area (Å²) in [4.78, 5) is 0. The molecular weight excluding hydrogens is 215 g/mol. The monoisotopic (exact) mass is 224 g/mol. The van der Waals surface area contributed by atoms with Gasteiger partial charge >= 0.3 is 0 Å². The van der Waals surface area contributed by atoms with Crippen LogP contribution >= 0.6 is 0 Å². The minimum Gasteiger partial charge on any atom is -0.504 e. The Morgan fingerprint density at radius 1 is 1.31 bits per heavy atom. The normalized spacial score (nSPS) is 10.6. The van der Waals surface area contributed by atoms with Crippen molar-refractivity contribution < 1.29 is 19.1 Å². The second-order valence-corrected chi connectivity index (χ2v) is 3.37. The summed E-state index contributed by atoms with van der Waals surface area (Å²) in [6.07, 6.45) is 0. The average molecular weight is 224 g/mol. The zero-order valence-corrected chi connectivity index (χ0v) is 8.36. The summed E-state index contributed by atoms with van der Waals surface area (Å²) >= 11 is 0. The van der Waals surface area contributed by atoms with Crippen LogP contribution in [0.3, 0.4) is 0 Å². The maximum atomic E-state index is 13.6. The molecular formula is C10H9FN2O3. The molecule has 0 saturated carbocycles. The summed E-state index contributed by atoms with van der Waals surface area (Å²) in [5.41, 5.74) is 5.82. The van der Waals surface area contributed by atoms with Gasteiger partial charge in [-0.2, -0.15) is 0 Å². The molecule has 84 valence electrons. The van der Waals surface area contributed by atoms with E-state index in [1.54, 1.807) is 0 Å². The Kier molecular flexibility index (Phi) is 2.19. The Morgan fingerprint density at radius 2 is 2.00 bits per heavy atom. The van der Waals surface area contributed by atoms with Gasteiger partial charge in [0.1, 0.15) is 5.69 Å². The molecule has 1 heterocycles. The molecule has 0 aliphatic rings. The molecule has 0 spiro atoms. The summed E-state index contributed by atoms with van der Waals surface area (Å²) in [5.74, 6) is -2.22. The second-order valence-electron chi connectivity index (χ2n) is 3.37. The number of hydrogen-bond donors (Lipinski definition) is 3. The van der Waals surface area contributed by atoms with Crippen molar-refractivity contribution in [3.05, 3.63) is 23.5 Å². The van der Waals surface area contributed by atoms with E-state index < -0.39 is 17.3 Å². The van der Waals surface area contributed by atoms with Gasteiger partial charge in [0, 0.05) is 11.6 Å². The molecule has 0 unspecified atom stereocenters. The van der Waals surface area contributed by atoms with Gasteiger partial charge in [-0.05, 0) is 18.6 Å². The lowest BCUT2D eigenvalue weighted by molar-refractivity contribution is 0.377. The van der Waals surface area contributed by atoms with Crippen LogP contribution in [0, 0.1) is 12.7 Å². The molecule has 0 bridgehead atoms. The fourth-order valence-corrected chi connectivity index (χ4v) is 1.37. The predicted molar refractivity (Wildman–Crippen MR) is 54.4 cm³/mol. The maximum Gasteiger partial charge on any atom is 0.222 e. The van der Waals surface area contributed by atoms with Crippen LogP contribution in [0.1, 0.15) is 5.56 Å². The summed E-state index contributed by atoms with van der Waals surface area (Å²) in [6.45, 7) is 1.53. The second kappa shape index (κ2) is 3.41. The molecule has 16 heavy (non-hydrogen) atoms. The number of hydrogen-bond acceptors (Lipinski definition) is 5. The van der Waals surface area contributed by atoms with Crippen LogP contribution in [0.5, 0.6) is 11.5 Å². The average Bonchev–Trinajstić information content (AvgIpc) is 2.67. The molecule has 0 radical (unpaired) electrons. The number of halogens is 1. The van der Waals surface area contributed by atoms with E-state index in [2.05, 4.69) is 9.68 Å². The van der Waals surface area contributed by atoms with Crippen molar-refractivity contribution in [2.75, 3.05) is 5.73 Å². The van der Waals surface area contributed by atoms with E-state index >= 15 is 0 Å². The fraction of sp³-hybridized carbons (Fsp3) is 0.100. The first-order valence-electron chi connectivity index (χ1n) is 4.44. The van der Waals surface area contributed by atoms with Crippen LogP contribution in [0.2, 0.25) is 0 Å². The van der Waals surface area contributed by atoms with Crippen molar-refractivity contribution in [1.29, 1.82) is 0 Å². The molecule has 5 nitrogen and oxygen atoms in total. The van der Waals surface area contributed by atoms with E-state index in [4.69, 9.17) is 5.73 Å². The van der Waals surface area contributed by atoms with E-state index in [9.17, 15) is 14.6 Å². The number of nitrogens with two attached hydrogens (primary N) is 1. The number of anilines is 1. The Morgan fingerprint density at radius 3 is 2.56 bits per heavy atom. The van der Waals surface area contributed by atoms with Crippen LogP contribution in [-0.4, -0.2) is 15.4 Å². The predicted octanol–water partition coefficient (Wildman–Crippen LogP) is 1.78. The summed E-state index contributed by atoms with van der Waals surface area (Å²) in [5, 5.41) is 22.2. The van der Waals surface area contributed by atoms with E-state index in [0.717, 1.165) is 0 Å². The fourth-order valence-electron chi connectivity index (χ4n) is 1.37. The lowest BCUT2D eigenvalue weighted by Gasteiger charge is -2.06. The molecule has 1 aromatic heterocycles. The lowest BCUT2D eigenvalue weighted by Crippen LogP contribution is -1.89. The largest absolute Gasteiger partial charge is 0.504 e. The van der Waals surface area contributed by atoms with E-state index in [1.165, 1.54) is 19.1 Å². The van der Waals surface area contributed by atoms with Gasteiger partial charge in [-0.25, -0.2) is 4.39 Å². The lowest BCUT2D eigenvalue weighted by atomic mass is 10.1. The molecule has 0 aliphatic heterocycles. The highest BCUT2D eigenvalue weighted by atomic mass is 19.1. The number of phenols is 2. The van der Waals surface area contributed by atoms with Crippen LogP contribution < -0.4 is 5.73 Å². The minimum absolute atomic E-state index is 0.0215. The molecule has 4 N–H and O–H groups in total. The number of aromatic nitrogens is 1. The first-order chi connectivity index (χ1) is 7.50. The summed E-state index contributed by atoms with van der Waals surface area (Å²) < 4.78 is 18.2. The Bertz CT molecular complexity index is 551. The molecule has 0 saturated heterocycles. The molecule has 0 aliphatic carbocycles. The van der Waals surface area contributed by atoms with Crippen LogP contribution in [-0.2, 0) is 0 Å². The van der Waals surface area contributed by atoms with Gasteiger partial charge in [-0.1, -0.05) is 5.16 Å². The Labute approximate surface area is 89.9 Å². The van der Waals surface area contributed by atoms with Gasteiger partial charge in [-0.3, -0.25) is 0 Å². The van der Waals surface area contributed by atoms with Crippen molar-refractivity contribution >= 4 is 5.88 Å². The number of nitrogens with zero attached hydrogens (tertiary/aromatic N) is 1. The number of rotatable bonds is 1. The molecule has 2 aromatic rings. The standard InChI is InChI=1S/C10H9FN2O3/c1-4-2-5(6-3-7(12)16-13-6)8(11)10(15)9(4)14/h2-3,14-15H,12H2,1H3. The zero-order chi connectivity index (χ0) is 11.9. The van der Waals surface area contributed by atoms with Crippen molar-refractivity contribution in [1.82, 2.24) is 5.16 Å². The third kappa shape index (κ3) is 1.44. The van der Waals surface area contributed by atoms with Crippen molar-refractivity contribution in [2.45, 2.75) is 6.92 Å². The van der Waals surface area contributed by atoms with Gasteiger partial charge in [-0.15, -0.1) is 0 Å². The number of aromatic hydroxyl groups is 2. The zero-order valence-electron chi connectivity index (χ0n) is 8.36. The highest BCUT2D eigenvalue weighted by Gasteiger charge is 2.18. The van der Waals surface area contributed by atoms with E-state index in [1.807, 2.05) is 0 Å². The van der Waals surface area contributed by atoms with Gasteiger partial charge in [0.25, 0.3) is 0 Å². The van der Waals surface area contributed by atoms with E-state index in [-0.39, 0.29) is 17.1 Å². The topological polar surface area (TPSA) is 92.5 Å². The Balaban J connectivity index is 2.66. The van der Waals surface area contributed by atoms with Crippen molar-refractivity contribution in [3.63, 3.8) is 0 Å². The quantitative estimate of drug-likeness (QED) is 0.642. The summed E-state index contributed by atoms with van der Waals surface area (Å²) in [7, 11) is 0. The first kappa shape index (κ1) is 10.3. The van der Waals surface area contributed by atoms with Gasteiger partial charge in [0.05, 0.1) is 0 Å². The maximum absolute atomic E-state index is 13.6. The van der Waals surface area contributed by atoms with Crippen molar-refractivity contribution in [3.8, 4) is 22.8 Å². The van der Waals surface area contributed by atoms with Gasteiger partial charge in [0.2, 0.25) is 5.88 Å². The Hall–Kier alpha value is -2.24. The minimum atomic E-state index is -0.962. The molecule has 0 amide bonds. The number of nitrogen functional groups attached to an aromatic ring is 1. The molecule has 2 rings (SSSR count). The molecule has 6 heteroatoms. The van der Waals surface area contributed by atoms with Crippen LogP contribution in [0.25, 0.3) is 11.3 Å². The smallest absolute Gasteiger partial charge is 0.222 e. The number of benzene rings is 1. The highest BCUT2D eigenvalue weighted by Crippen LogP contribution is 2.37.